The maximum Gasteiger partial charge on any atom is 0.120 e. The Morgan fingerprint density at radius 2 is 2.00 bits per heavy atom. The van der Waals surface area contributed by atoms with Crippen LogP contribution in [0.4, 0.5) is 0 Å². The summed E-state index contributed by atoms with van der Waals surface area (Å²) < 4.78 is 0. The topological polar surface area (TPSA) is 55.7 Å². The largest absolute Gasteiger partial charge is 0.508 e. The molecule has 0 amide bonds. The Hall–Kier alpha value is -0.810. The first-order valence-electron chi connectivity index (χ1n) is 6.07. The molecule has 1 fully saturated rings. The minimum absolute atomic E-state index is 0. The molecule has 5 heteroatoms. The van der Waals surface area contributed by atoms with Gasteiger partial charge in [-0.3, -0.25) is 4.90 Å². The second-order valence-corrected chi connectivity index (χ2v) is 4.55. The lowest BCUT2D eigenvalue weighted by atomic mass is 10.0. The summed E-state index contributed by atoms with van der Waals surface area (Å²) in [5.41, 5.74) is 1.93. The number of phenols is 1. The quantitative estimate of drug-likeness (QED) is 0.770. The van der Waals surface area contributed by atoms with Crippen molar-refractivity contribution in [2.45, 2.75) is 13.0 Å². The van der Waals surface area contributed by atoms with Crippen LogP contribution in [0.25, 0.3) is 0 Å². The molecule has 1 aromatic rings. The van der Waals surface area contributed by atoms with Gasteiger partial charge in [0.2, 0.25) is 0 Å². The number of halogens is 1. The van der Waals surface area contributed by atoms with Gasteiger partial charge in [0.15, 0.2) is 0 Å². The molecule has 0 bridgehead atoms. The number of benzene rings is 1. The number of aliphatic hydroxyl groups excluding tert-OH is 1. The minimum Gasteiger partial charge on any atom is -0.508 e. The number of rotatable bonds is 3. The van der Waals surface area contributed by atoms with Crippen molar-refractivity contribution in [1.29, 1.82) is 0 Å². The van der Waals surface area contributed by atoms with Gasteiger partial charge >= 0.3 is 0 Å². The summed E-state index contributed by atoms with van der Waals surface area (Å²) in [6.45, 7) is 5.70. The van der Waals surface area contributed by atoms with E-state index < -0.39 is 0 Å². The van der Waals surface area contributed by atoms with Crippen LogP contribution >= 0.6 is 12.4 Å². The minimum atomic E-state index is -0.100. The van der Waals surface area contributed by atoms with Gasteiger partial charge in [0, 0.05) is 31.7 Å². The lowest BCUT2D eigenvalue weighted by Crippen LogP contribution is -2.46. The number of piperazine rings is 1. The highest BCUT2D eigenvalue weighted by Crippen LogP contribution is 2.29. The monoisotopic (exact) mass is 272 g/mol. The third kappa shape index (κ3) is 3.36. The number of hydrogen-bond acceptors (Lipinski definition) is 4. The third-order valence-electron chi connectivity index (χ3n) is 3.31. The average molecular weight is 273 g/mol. The highest BCUT2D eigenvalue weighted by molar-refractivity contribution is 5.85. The van der Waals surface area contributed by atoms with Gasteiger partial charge in [0.25, 0.3) is 0 Å². The smallest absolute Gasteiger partial charge is 0.120 e. The van der Waals surface area contributed by atoms with Crippen LogP contribution in [0, 0.1) is 6.92 Å². The zero-order valence-electron chi connectivity index (χ0n) is 10.6. The lowest BCUT2D eigenvalue weighted by molar-refractivity contribution is 0.109. The number of hydrogen-bond donors (Lipinski definition) is 3. The van der Waals surface area contributed by atoms with E-state index in [4.69, 9.17) is 0 Å². The number of aliphatic hydroxyl groups is 1. The summed E-state index contributed by atoms with van der Waals surface area (Å²) in [4.78, 5) is 2.21. The fourth-order valence-corrected chi connectivity index (χ4v) is 2.35. The normalized spacial score (nSPS) is 18.1. The first-order valence-corrected chi connectivity index (χ1v) is 6.07. The van der Waals surface area contributed by atoms with Gasteiger partial charge in [-0.15, -0.1) is 12.4 Å². The summed E-state index contributed by atoms with van der Waals surface area (Å²) in [5.74, 6) is 0.271. The van der Waals surface area contributed by atoms with Gasteiger partial charge in [-0.2, -0.15) is 0 Å². The van der Waals surface area contributed by atoms with Crippen LogP contribution in [0.15, 0.2) is 18.2 Å². The van der Waals surface area contributed by atoms with Crippen LogP contribution in [0.5, 0.6) is 5.75 Å². The molecule has 1 aliphatic heterocycles. The van der Waals surface area contributed by atoms with Crippen LogP contribution < -0.4 is 5.32 Å². The van der Waals surface area contributed by atoms with E-state index in [0.717, 1.165) is 37.3 Å². The van der Waals surface area contributed by atoms with Gasteiger partial charge in [-0.25, -0.2) is 0 Å². The SMILES string of the molecule is Cc1ccc(O)c([C@@H](CO)N2CCNCC2)c1.Cl. The number of phenolic OH excluding ortho intramolecular Hbond substituents is 1. The van der Waals surface area contributed by atoms with Gasteiger partial charge in [0.1, 0.15) is 5.75 Å². The lowest BCUT2D eigenvalue weighted by Gasteiger charge is -2.34. The average Bonchev–Trinajstić information content (AvgIpc) is 2.36. The van der Waals surface area contributed by atoms with Gasteiger partial charge < -0.3 is 15.5 Å². The standard InChI is InChI=1S/C13H20N2O2.ClH/c1-10-2-3-13(17)11(8-10)12(9-16)15-6-4-14-5-7-15;/h2-3,8,12,14,16-17H,4-7,9H2,1H3;1H/t12-;/m1./s1. The molecule has 0 aliphatic carbocycles. The molecule has 0 unspecified atom stereocenters. The molecule has 0 aromatic heterocycles. The summed E-state index contributed by atoms with van der Waals surface area (Å²) >= 11 is 0. The molecule has 1 aromatic carbocycles. The van der Waals surface area contributed by atoms with E-state index in [-0.39, 0.29) is 30.8 Å². The van der Waals surface area contributed by atoms with Crippen molar-refractivity contribution >= 4 is 12.4 Å². The Labute approximate surface area is 114 Å². The van der Waals surface area contributed by atoms with E-state index >= 15 is 0 Å². The number of nitrogens with zero attached hydrogens (tertiary/aromatic N) is 1. The third-order valence-corrected chi connectivity index (χ3v) is 3.31. The zero-order valence-corrected chi connectivity index (χ0v) is 11.4. The summed E-state index contributed by atoms with van der Waals surface area (Å²) in [5, 5.41) is 22.8. The second-order valence-electron chi connectivity index (χ2n) is 4.55. The van der Waals surface area contributed by atoms with Gasteiger partial charge in [-0.1, -0.05) is 17.7 Å². The van der Waals surface area contributed by atoms with E-state index in [9.17, 15) is 10.2 Å². The van der Waals surface area contributed by atoms with Crippen LogP contribution in [0.1, 0.15) is 17.2 Å². The number of aryl methyl sites for hydroxylation is 1. The van der Waals surface area contributed by atoms with E-state index in [0.29, 0.717) is 0 Å². The summed E-state index contributed by atoms with van der Waals surface area (Å²) in [6, 6.07) is 5.44. The first-order chi connectivity index (χ1) is 8.22. The van der Waals surface area contributed by atoms with Crippen molar-refractivity contribution in [3.05, 3.63) is 29.3 Å². The van der Waals surface area contributed by atoms with Crippen molar-refractivity contribution in [3.63, 3.8) is 0 Å². The molecule has 102 valence electrons. The molecule has 0 saturated carbocycles. The summed E-state index contributed by atoms with van der Waals surface area (Å²) in [6.07, 6.45) is 0. The van der Waals surface area contributed by atoms with E-state index in [2.05, 4.69) is 10.2 Å². The molecule has 0 spiro atoms. The highest BCUT2D eigenvalue weighted by atomic mass is 35.5. The zero-order chi connectivity index (χ0) is 12.3. The Morgan fingerprint density at radius 3 is 2.61 bits per heavy atom. The van der Waals surface area contributed by atoms with Crippen molar-refractivity contribution < 1.29 is 10.2 Å². The molecular formula is C13H21ClN2O2. The van der Waals surface area contributed by atoms with Crippen molar-refractivity contribution in [1.82, 2.24) is 10.2 Å². The highest BCUT2D eigenvalue weighted by Gasteiger charge is 2.23. The Kier molecular flexibility index (Phi) is 5.88. The van der Waals surface area contributed by atoms with E-state index in [1.165, 1.54) is 0 Å². The molecular weight excluding hydrogens is 252 g/mol. The van der Waals surface area contributed by atoms with Crippen molar-refractivity contribution in [2.24, 2.45) is 0 Å². The molecule has 1 aliphatic rings. The predicted molar refractivity (Wildman–Crippen MR) is 74.4 cm³/mol. The van der Waals surface area contributed by atoms with Crippen molar-refractivity contribution in [2.75, 3.05) is 32.8 Å². The molecule has 4 nitrogen and oxygen atoms in total. The van der Waals surface area contributed by atoms with Gasteiger partial charge in [-0.05, 0) is 13.0 Å². The molecule has 0 radical (unpaired) electrons. The molecule has 1 heterocycles. The van der Waals surface area contributed by atoms with Crippen LogP contribution in [0.2, 0.25) is 0 Å². The Morgan fingerprint density at radius 1 is 1.33 bits per heavy atom. The number of nitrogens with one attached hydrogen (secondary N) is 1. The Balaban J connectivity index is 0.00000162. The molecule has 2 rings (SSSR count). The van der Waals surface area contributed by atoms with E-state index in [1.807, 2.05) is 19.1 Å². The maximum absolute atomic E-state index is 9.91. The molecule has 1 atom stereocenters. The fraction of sp³-hybridized carbons (Fsp3) is 0.538. The van der Waals surface area contributed by atoms with Crippen LogP contribution in [-0.4, -0.2) is 47.9 Å². The van der Waals surface area contributed by atoms with Crippen LogP contribution in [-0.2, 0) is 0 Å². The second kappa shape index (κ2) is 6.95. The molecule has 18 heavy (non-hydrogen) atoms. The first kappa shape index (κ1) is 15.2. The maximum atomic E-state index is 9.91. The summed E-state index contributed by atoms with van der Waals surface area (Å²) in [7, 11) is 0. The van der Waals surface area contributed by atoms with E-state index in [1.54, 1.807) is 6.07 Å². The predicted octanol–water partition coefficient (Wildman–Crippen LogP) is 1.06. The molecule has 1 saturated heterocycles. The fourth-order valence-electron chi connectivity index (χ4n) is 2.35. The molecule has 3 N–H and O–H groups in total. The number of aromatic hydroxyl groups is 1. The van der Waals surface area contributed by atoms with Crippen LogP contribution in [0.3, 0.4) is 0 Å². The Bertz CT molecular complexity index is 381. The van der Waals surface area contributed by atoms with Crippen molar-refractivity contribution in [3.8, 4) is 5.75 Å². The van der Waals surface area contributed by atoms with Gasteiger partial charge in [0.05, 0.1) is 12.6 Å².